The molecule has 0 heterocycles. The summed E-state index contributed by atoms with van der Waals surface area (Å²) >= 11 is 5.96. The summed E-state index contributed by atoms with van der Waals surface area (Å²) in [7, 11) is -3.87. The number of anilines is 1. The molecule has 7 heteroatoms. The van der Waals surface area contributed by atoms with E-state index in [2.05, 4.69) is 5.32 Å². The number of carbonyl (C=O) groups excluding carboxylic acids is 1. The van der Waals surface area contributed by atoms with Crippen molar-refractivity contribution in [2.24, 2.45) is 0 Å². The third-order valence-corrected chi connectivity index (χ3v) is 5.11. The molecule has 0 atom stereocenters. The number of halogens is 1. The molecule has 0 fully saturated rings. The molecule has 0 aliphatic heterocycles. The number of likely N-dealkylation sites (N-methyl/N-ethyl adjacent to an activating group) is 1. The average Bonchev–Trinajstić information content (AvgIpc) is 2.53. The van der Waals surface area contributed by atoms with Gasteiger partial charge in [-0.05, 0) is 37.3 Å². The van der Waals surface area contributed by atoms with Crippen LogP contribution in [0.15, 0.2) is 59.5 Å². The Bertz CT molecular complexity index is 779. The molecule has 0 aliphatic rings. The van der Waals surface area contributed by atoms with Gasteiger partial charge in [0.2, 0.25) is 5.91 Å². The molecule has 0 spiro atoms. The number of benzene rings is 2. The van der Waals surface area contributed by atoms with Crippen LogP contribution in [0.3, 0.4) is 0 Å². The molecule has 0 radical (unpaired) electrons. The van der Waals surface area contributed by atoms with Crippen molar-refractivity contribution < 1.29 is 13.2 Å². The second-order valence-electron chi connectivity index (χ2n) is 4.76. The maximum Gasteiger partial charge on any atom is 0.264 e. The van der Waals surface area contributed by atoms with Crippen molar-refractivity contribution in [3.05, 3.63) is 59.6 Å². The topological polar surface area (TPSA) is 66.5 Å². The van der Waals surface area contributed by atoms with Gasteiger partial charge >= 0.3 is 0 Å². The minimum absolute atomic E-state index is 0.115. The van der Waals surface area contributed by atoms with Crippen LogP contribution in [0.25, 0.3) is 0 Å². The molecule has 0 aliphatic carbocycles. The van der Waals surface area contributed by atoms with E-state index in [-0.39, 0.29) is 17.3 Å². The number of amides is 1. The first-order valence-corrected chi connectivity index (χ1v) is 8.87. The summed E-state index contributed by atoms with van der Waals surface area (Å²) < 4.78 is 26.8. The van der Waals surface area contributed by atoms with Crippen molar-refractivity contribution in [1.29, 1.82) is 0 Å². The fourth-order valence-electron chi connectivity index (χ4n) is 2.05. The summed E-state index contributed by atoms with van der Waals surface area (Å²) in [5.41, 5.74) is 0.340. The highest BCUT2D eigenvalue weighted by atomic mass is 35.5. The van der Waals surface area contributed by atoms with Crippen molar-refractivity contribution in [3.8, 4) is 0 Å². The third-order valence-electron chi connectivity index (χ3n) is 3.09. The molecule has 1 amide bonds. The minimum Gasteiger partial charge on any atom is -0.355 e. The number of sulfonamides is 1. The molecule has 5 nitrogen and oxygen atoms in total. The van der Waals surface area contributed by atoms with Crippen molar-refractivity contribution in [3.63, 3.8) is 0 Å². The zero-order valence-electron chi connectivity index (χ0n) is 12.6. The van der Waals surface area contributed by atoms with Crippen LogP contribution in [-0.2, 0) is 14.8 Å². The second-order valence-corrected chi connectivity index (χ2v) is 7.06. The molecule has 0 saturated heterocycles. The summed E-state index contributed by atoms with van der Waals surface area (Å²) in [4.78, 5) is 12.1. The standard InChI is InChI=1S/C16H17ClN2O3S/c1-2-18-16(20)12-19(14-8-6-7-13(17)11-14)23(21,22)15-9-4-3-5-10-15/h3-11H,2,12H2,1H3,(H,18,20). The van der Waals surface area contributed by atoms with Gasteiger partial charge in [0.15, 0.2) is 0 Å². The van der Waals surface area contributed by atoms with Gasteiger partial charge in [-0.3, -0.25) is 9.10 Å². The van der Waals surface area contributed by atoms with Gasteiger partial charge in [0.25, 0.3) is 10.0 Å². The minimum atomic E-state index is -3.87. The number of hydrogen-bond donors (Lipinski definition) is 1. The van der Waals surface area contributed by atoms with Gasteiger partial charge in [0, 0.05) is 11.6 Å². The normalized spacial score (nSPS) is 11.0. The zero-order valence-corrected chi connectivity index (χ0v) is 14.1. The highest BCUT2D eigenvalue weighted by Gasteiger charge is 2.26. The Morgan fingerprint density at radius 2 is 1.83 bits per heavy atom. The van der Waals surface area contributed by atoms with Crippen molar-refractivity contribution >= 4 is 33.2 Å². The summed E-state index contributed by atoms with van der Waals surface area (Å²) in [5, 5.41) is 3.00. The molecular weight excluding hydrogens is 336 g/mol. The molecule has 2 rings (SSSR count). The largest absolute Gasteiger partial charge is 0.355 e. The van der Waals surface area contributed by atoms with Crippen LogP contribution in [0, 0.1) is 0 Å². The lowest BCUT2D eigenvalue weighted by atomic mass is 10.3. The molecule has 0 aromatic heterocycles. The van der Waals surface area contributed by atoms with Crippen LogP contribution in [0.2, 0.25) is 5.02 Å². The maximum atomic E-state index is 12.9. The van der Waals surface area contributed by atoms with Crippen LogP contribution >= 0.6 is 11.6 Å². The van der Waals surface area contributed by atoms with Gasteiger partial charge in [0.05, 0.1) is 10.6 Å². The van der Waals surface area contributed by atoms with Gasteiger partial charge in [-0.15, -0.1) is 0 Å². The Labute approximate surface area is 140 Å². The first kappa shape index (κ1) is 17.3. The SMILES string of the molecule is CCNC(=O)CN(c1cccc(Cl)c1)S(=O)(=O)c1ccccc1. The quantitative estimate of drug-likeness (QED) is 0.869. The number of nitrogens with one attached hydrogen (secondary N) is 1. The van der Waals surface area contributed by atoms with Crippen LogP contribution in [0.5, 0.6) is 0 Å². The predicted octanol–water partition coefficient (Wildman–Crippen LogP) is 2.67. The number of rotatable bonds is 6. The molecule has 0 bridgehead atoms. The highest BCUT2D eigenvalue weighted by Crippen LogP contribution is 2.25. The zero-order chi connectivity index (χ0) is 16.9. The fraction of sp³-hybridized carbons (Fsp3) is 0.188. The Kier molecular flexibility index (Phi) is 5.63. The van der Waals surface area contributed by atoms with Crippen molar-refractivity contribution in [1.82, 2.24) is 5.32 Å². The summed E-state index contributed by atoms with van der Waals surface area (Å²) in [6.07, 6.45) is 0. The van der Waals surface area contributed by atoms with Gasteiger partial charge < -0.3 is 5.32 Å². The fourth-order valence-corrected chi connectivity index (χ4v) is 3.67. The lowest BCUT2D eigenvalue weighted by Gasteiger charge is -2.24. The van der Waals surface area contributed by atoms with E-state index in [1.807, 2.05) is 0 Å². The van der Waals surface area contributed by atoms with Crippen LogP contribution in [0.4, 0.5) is 5.69 Å². The van der Waals surface area contributed by atoms with E-state index in [0.29, 0.717) is 17.3 Å². The highest BCUT2D eigenvalue weighted by molar-refractivity contribution is 7.92. The van der Waals surface area contributed by atoms with E-state index in [9.17, 15) is 13.2 Å². The predicted molar refractivity (Wildman–Crippen MR) is 91.1 cm³/mol. The molecule has 2 aromatic rings. The molecule has 2 aromatic carbocycles. The molecule has 1 N–H and O–H groups in total. The first-order valence-electron chi connectivity index (χ1n) is 7.05. The Hall–Kier alpha value is -2.05. The van der Waals surface area contributed by atoms with E-state index >= 15 is 0 Å². The third kappa shape index (κ3) is 4.24. The van der Waals surface area contributed by atoms with E-state index in [0.717, 1.165) is 4.31 Å². The smallest absolute Gasteiger partial charge is 0.264 e. The average molecular weight is 353 g/mol. The van der Waals surface area contributed by atoms with Gasteiger partial charge in [-0.2, -0.15) is 0 Å². The molecule has 0 saturated carbocycles. The van der Waals surface area contributed by atoms with Crippen LogP contribution in [-0.4, -0.2) is 27.4 Å². The van der Waals surface area contributed by atoms with Gasteiger partial charge in [-0.1, -0.05) is 35.9 Å². The summed E-state index contributed by atoms with van der Waals surface area (Å²) in [6.45, 7) is 1.88. The van der Waals surface area contributed by atoms with Crippen LogP contribution in [0.1, 0.15) is 6.92 Å². The lowest BCUT2D eigenvalue weighted by molar-refractivity contribution is -0.119. The first-order chi connectivity index (χ1) is 10.9. The Balaban J connectivity index is 2.47. The molecule has 23 heavy (non-hydrogen) atoms. The maximum absolute atomic E-state index is 12.9. The lowest BCUT2D eigenvalue weighted by Crippen LogP contribution is -2.40. The van der Waals surface area contributed by atoms with E-state index in [1.165, 1.54) is 18.2 Å². The Morgan fingerprint density at radius 3 is 2.43 bits per heavy atom. The van der Waals surface area contributed by atoms with Crippen molar-refractivity contribution in [2.45, 2.75) is 11.8 Å². The Morgan fingerprint density at radius 1 is 1.13 bits per heavy atom. The molecule has 122 valence electrons. The van der Waals surface area contributed by atoms with E-state index < -0.39 is 10.0 Å². The van der Waals surface area contributed by atoms with Crippen LogP contribution < -0.4 is 9.62 Å². The van der Waals surface area contributed by atoms with E-state index in [4.69, 9.17) is 11.6 Å². The molecular formula is C16H17ClN2O3S. The second kappa shape index (κ2) is 7.48. The van der Waals surface area contributed by atoms with Gasteiger partial charge in [0.1, 0.15) is 6.54 Å². The van der Waals surface area contributed by atoms with Crippen molar-refractivity contribution in [2.75, 3.05) is 17.4 Å². The number of nitrogens with zero attached hydrogens (tertiary/aromatic N) is 1. The van der Waals surface area contributed by atoms with Gasteiger partial charge in [-0.25, -0.2) is 8.42 Å². The monoisotopic (exact) mass is 352 g/mol. The summed E-state index contributed by atoms with van der Waals surface area (Å²) in [5.74, 6) is -0.382. The number of carbonyl (C=O) groups is 1. The number of hydrogen-bond acceptors (Lipinski definition) is 3. The summed E-state index contributed by atoms with van der Waals surface area (Å²) in [6, 6.07) is 14.4. The molecule has 0 unspecified atom stereocenters. The van der Waals surface area contributed by atoms with E-state index in [1.54, 1.807) is 43.3 Å².